The number of hydrogen-bond donors (Lipinski definition) is 1. The van der Waals surface area contributed by atoms with Crippen LogP contribution in [0.15, 0.2) is 16.5 Å². The summed E-state index contributed by atoms with van der Waals surface area (Å²) in [5.74, 6) is 0.670. The van der Waals surface area contributed by atoms with E-state index in [0.717, 1.165) is 56.6 Å². The number of carbonyl (C=O) groups excluding carboxylic acids is 2. The van der Waals surface area contributed by atoms with Crippen LogP contribution in [-0.4, -0.2) is 77.2 Å². The summed E-state index contributed by atoms with van der Waals surface area (Å²) in [6, 6.07) is 3.98. The number of aromatic nitrogens is 1. The number of nitrogens with zero attached hydrogens (tertiary/aromatic N) is 3. The summed E-state index contributed by atoms with van der Waals surface area (Å²) >= 11 is 0. The largest absolute Gasteiger partial charge is 0.460 e. The number of amides is 2. The molecule has 34 heavy (non-hydrogen) atoms. The smallest absolute Gasteiger partial charge is 0.271 e. The Hall–Kier alpha value is -2.32. The maximum atomic E-state index is 13.9. The standard InChI is InChI=1S/C26H38N4O4/c1-19-16-21-23(34-19)17-22-24(31)30(11-10-28-12-14-33-15-13-28)26(2,18-29(21)22)25(32)27-20-8-6-4-3-5-7-9-20/h16-17,20H,3-15,18H2,1-2H3,(H,27,32)/t26-/m0/s1. The monoisotopic (exact) mass is 470 g/mol. The fourth-order valence-corrected chi connectivity index (χ4v) is 5.82. The molecule has 4 heterocycles. The Balaban J connectivity index is 1.42. The third-order valence-corrected chi connectivity index (χ3v) is 7.91. The fraction of sp³-hybridized carbons (Fsp3) is 0.692. The maximum absolute atomic E-state index is 13.9. The van der Waals surface area contributed by atoms with Gasteiger partial charge in [0.2, 0.25) is 5.91 Å². The highest BCUT2D eigenvalue weighted by Crippen LogP contribution is 2.34. The normalized spacial score (nSPS) is 25.2. The zero-order valence-corrected chi connectivity index (χ0v) is 20.6. The molecule has 1 saturated heterocycles. The number of hydrogen-bond acceptors (Lipinski definition) is 5. The van der Waals surface area contributed by atoms with Crippen molar-refractivity contribution in [3.63, 3.8) is 0 Å². The molecule has 186 valence electrons. The second-order valence-corrected chi connectivity index (χ2v) is 10.4. The summed E-state index contributed by atoms with van der Waals surface area (Å²) in [5, 5.41) is 3.36. The van der Waals surface area contributed by atoms with Gasteiger partial charge in [-0.25, -0.2) is 0 Å². The van der Waals surface area contributed by atoms with E-state index in [4.69, 9.17) is 9.15 Å². The number of morpholine rings is 1. The average molecular weight is 471 g/mol. The molecule has 0 bridgehead atoms. The van der Waals surface area contributed by atoms with E-state index >= 15 is 0 Å². The van der Waals surface area contributed by atoms with Gasteiger partial charge < -0.3 is 23.9 Å². The van der Waals surface area contributed by atoms with Gasteiger partial charge in [-0.1, -0.05) is 32.1 Å². The summed E-state index contributed by atoms with van der Waals surface area (Å²) in [4.78, 5) is 31.8. The summed E-state index contributed by atoms with van der Waals surface area (Å²) in [7, 11) is 0. The predicted octanol–water partition coefficient (Wildman–Crippen LogP) is 3.32. The van der Waals surface area contributed by atoms with Crippen molar-refractivity contribution >= 4 is 22.9 Å². The molecule has 0 spiro atoms. The molecule has 1 aliphatic carbocycles. The van der Waals surface area contributed by atoms with Crippen molar-refractivity contribution in [2.45, 2.75) is 76.9 Å². The minimum absolute atomic E-state index is 0.0406. The second kappa shape index (κ2) is 9.74. The maximum Gasteiger partial charge on any atom is 0.271 e. The molecule has 8 nitrogen and oxygen atoms in total. The van der Waals surface area contributed by atoms with Crippen LogP contribution in [0.5, 0.6) is 0 Å². The highest BCUT2D eigenvalue weighted by atomic mass is 16.5. The summed E-state index contributed by atoms with van der Waals surface area (Å²) in [5.41, 5.74) is 1.24. The molecule has 2 aromatic heterocycles. The highest BCUT2D eigenvalue weighted by molar-refractivity contribution is 6.03. The lowest BCUT2D eigenvalue weighted by molar-refractivity contribution is -0.134. The lowest BCUT2D eigenvalue weighted by atomic mass is 9.92. The molecule has 2 aromatic rings. The van der Waals surface area contributed by atoms with Gasteiger partial charge in [-0.15, -0.1) is 0 Å². The zero-order chi connectivity index (χ0) is 23.7. The molecule has 1 atom stereocenters. The summed E-state index contributed by atoms with van der Waals surface area (Å²) in [6.07, 6.45) is 8.10. The van der Waals surface area contributed by atoms with Gasteiger partial charge >= 0.3 is 0 Å². The van der Waals surface area contributed by atoms with Crippen molar-refractivity contribution in [2.75, 3.05) is 39.4 Å². The molecule has 5 rings (SSSR count). The Kier molecular flexibility index (Phi) is 6.71. The Morgan fingerprint density at radius 1 is 1.09 bits per heavy atom. The van der Waals surface area contributed by atoms with E-state index in [-0.39, 0.29) is 17.9 Å². The van der Waals surface area contributed by atoms with Gasteiger partial charge in [-0.05, 0) is 26.7 Å². The first-order valence-corrected chi connectivity index (χ1v) is 13.0. The zero-order valence-electron chi connectivity index (χ0n) is 20.6. The van der Waals surface area contributed by atoms with Gasteiger partial charge in [0.1, 0.15) is 17.0 Å². The van der Waals surface area contributed by atoms with Crippen LogP contribution in [0.25, 0.3) is 11.1 Å². The molecule has 2 amide bonds. The van der Waals surface area contributed by atoms with E-state index in [1.54, 1.807) is 0 Å². The predicted molar refractivity (Wildman–Crippen MR) is 130 cm³/mol. The molecule has 0 unspecified atom stereocenters. The minimum Gasteiger partial charge on any atom is -0.460 e. The van der Waals surface area contributed by atoms with E-state index < -0.39 is 5.54 Å². The number of ether oxygens (including phenoxy) is 1. The Morgan fingerprint density at radius 3 is 2.53 bits per heavy atom. The lowest BCUT2D eigenvalue weighted by Crippen LogP contribution is -2.65. The van der Waals surface area contributed by atoms with Crippen LogP contribution in [0.4, 0.5) is 0 Å². The molecule has 3 aliphatic rings. The van der Waals surface area contributed by atoms with Gasteiger partial charge in [0, 0.05) is 44.4 Å². The topological polar surface area (TPSA) is 80.0 Å². The molecular formula is C26H38N4O4. The van der Waals surface area contributed by atoms with Crippen molar-refractivity contribution in [3.8, 4) is 0 Å². The molecule has 2 fully saturated rings. The first kappa shape index (κ1) is 23.4. The SMILES string of the molecule is Cc1cc2c(cc3n2C[C@@](C)(C(=O)NC2CCCCCCC2)N(CCN2CCOCC2)C3=O)o1. The summed E-state index contributed by atoms with van der Waals surface area (Å²) in [6.45, 7) is 8.66. The van der Waals surface area contributed by atoms with Crippen molar-refractivity contribution in [1.29, 1.82) is 0 Å². The molecule has 0 radical (unpaired) electrons. The van der Waals surface area contributed by atoms with Gasteiger partial charge in [0.15, 0.2) is 5.58 Å². The van der Waals surface area contributed by atoms with Crippen LogP contribution in [0.2, 0.25) is 0 Å². The third-order valence-electron chi connectivity index (χ3n) is 7.91. The first-order valence-electron chi connectivity index (χ1n) is 13.0. The number of nitrogens with one attached hydrogen (secondary N) is 1. The molecule has 1 N–H and O–H groups in total. The number of aryl methyl sites for hydroxylation is 1. The number of fused-ring (bicyclic) bond motifs is 3. The number of furan rings is 1. The van der Waals surface area contributed by atoms with E-state index in [1.807, 2.05) is 35.4 Å². The average Bonchev–Trinajstić information content (AvgIpc) is 3.32. The molecule has 2 aliphatic heterocycles. The van der Waals surface area contributed by atoms with Crippen LogP contribution in [0.3, 0.4) is 0 Å². The van der Waals surface area contributed by atoms with Gasteiger partial charge in [-0.2, -0.15) is 0 Å². The van der Waals surface area contributed by atoms with E-state index in [2.05, 4.69) is 10.2 Å². The molecule has 0 aromatic carbocycles. The van der Waals surface area contributed by atoms with Gasteiger partial charge in [0.25, 0.3) is 5.91 Å². The van der Waals surface area contributed by atoms with Crippen LogP contribution in [-0.2, 0) is 16.1 Å². The minimum atomic E-state index is -0.962. The first-order chi connectivity index (χ1) is 16.5. The Bertz CT molecular complexity index is 1030. The Morgan fingerprint density at radius 2 is 1.79 bits per heavy atom. The quantitative estimate of drug-likeness (QED) is 0.725. The molecule has 8 heteroatoms. The van der Waals surface area contributed by atoms with Crippen LogP contribution < -0.4 is 5.32 Å². The van der Waals surface area contributed by atoms with Crippen molar-refractivity contribution in [2.24, 2.45) is 0 Å². The van der Waals surface area contributed by atoms with Crippen molar-refractivity contribution < 1.29 is 18.7 Å². The van der Waals surface area contributed by atoms with Crippen LogP contribution in [0, 0.1) is 6.92 Å². The van der Waals surface area contributed by atoms with E-state index in [9.17, 15) is 9.59 Å². The van der Waals surface area contributed by atoms with Gasteiger partial charge in [-0.3, -0.25) is 14.5 Å². The van der Waals surface area contributed by atoms with Crippen molar-refractivity contribution in [3.05, 3.63) is 23.6 Å². The molecule has 1 saturated carbocycles. The molecular weight excluding hydrogens is 432 g/mol. The van der Waals surface area contributed by atoms with Crippen LogP contribution in [0.1, 0.15) is 68.1 Å². The third kappa shape index (κ3) is 4.50. The van der Waals surface area contributed by atoms with Gasteiger partial charge in [0.05, 0.1) is 25.3 Å². The summed E-state index contributed by atoms with van der Waals surface area (Å²) < 4.78 is 13.3. The van der Waals surface area contributed by atoms with E-state index in [0.29, 0.717) is 37.6 Å². The highest BCUT2D eigenvalue weighted by Gasteiger charge is 2.48. The van der Waals surface area contributed by atoms with Crippen molar-refractivity contribution in [1.82, 2.24) is 19.7 Å². The lowest BCUT2D eigenvalue weighted by Gasteiger charge is -2.45. The van der Waals surface area contributed by atoms with E-state index in [1.165, 1.54) is 19.3 Å². The second-order valence-electron chi connectivity index (χ2n) is 10.4. The fourth-order valence-electron chi connectivity index (χ4n) is 5.82. The van der Waals surface area contributed by atoms with Crippen LogP contribution >= 0.6 is 0 Å². The number of carbonyl (C=O) groups is 2. The Labute approximate surface area is 201 Å². The number of rotatable bonds is 5.